The van der Waals surface area contributed by atoms with Crippen LogP contribution in [0.5, 0.6) is 0 Å². The number of imidazole rings is 2. The Hall–Kier alpha value is -3.43. The molecule has 6 heterocycles. The normalized spacial score (nSPS) is 30.8. The first-order valence-electron chi connectivity index (χ1n) is 12.9. The molecule has 8 N–H and O–H groups in total. The molecule has 9 atom stereocenters. The van der Waals surface area contributed by atoms with Crippen molar-refractivity contribution in [3.63, 3.8) is 0 Å². The van der Waals surface area contributed by atoms with Gasteiger partial charge < -0.3 is 55.2 Å². The highest BCUT2D eigenvalue weighted by atomic mass is 31.2. The molecule has 0 spiro atoms. The third-order valence-electron chi connectivity index (χ3n) is 7.27. The molecule has 2 aliphatic rings. The van der Waals surface area contributed by atoms with Gasteiger partial charge in [0.15, 0.2) is 35.4 Å². The van der Waals surface area contributed by atoms with Gasteiger partial charge in [0, 0.05) is 7.11 Å². The molecule has 2 aliphatic heterocycles. The highest BCUT2D eigenvalue weighted by Crippen LogP contribution is 2.45. The average molecular weight is 625 g/mol. The van der Waals surface area contributed by atoms with E-state index in [0.717, 1.165) is 0 Å². The van der Waals surface area contributed by atoms with E-state index in [2.05, 4.69) is 29.9 Å². The van der Waals surface area contributed by atoms with Crippen molar-refractivity contribution in [3.05, 3.63) is 25.3 Å². The number of anilines is 2. The zero-order valence-electron chi connectivity index (χ0n) is 22.5. The molecule has 0 bridgehead atoms. The molecule has 4 aromatic heterocycles. The smallest absolute Gasteiger partial charge is 0.353 e. The summed E-state index contributed by atoms with van der Waals surface area (Å²) in [6.45, 7) is -1.08. The first kappa shape index (κ1) is 29.6. The van der Waals surface area contributed by atoms with Crippen LogP contribution in [0.25, 0.3) is 22.3 Å². The van der Waals surface area contributed by atoms with Crippen LogP contribution in [0.2, 0.25) is 0 Å². The van der Waals surface area contributed by atoms with Gasteiger partial charge in [-0.1, -0.05) is 0 Å². The lowest BCUT2D eigenvalue weighted by molar-refractivity contribution is -0.0668. The van der Waals surface area contributed by atoms with Crippen LogP contribution in [-0.2, 0) is 28.0 Å². The Morgan fingerprint density at radius 3 is 1.98 bits per heavy atom. The molecule has 232 valence electrons. The van der Waals surface area contributed by atoms with Crippen LogP contribution in [-0.4, -0.2) is 123 Å². The second-order valence-electron chi connectivity index (χ2n) is 9.85. The summed E-state index contributed by atoms with van der Waals surface area (Å²) in [6.07, 6.45) is -4.67. The molecule has 0 saturated carbocycles. The maximum Gasteiger partial charge on any atom is 0.353 e. The molecule has 3 unspecified atom stereocenters. The van der Waals surface area contributed by atoms with Crippen LogP contribution in [0.15, 0.2) is 25.3 Å². The summed E-state index contributed by atoms with van der Waals surface area (Å²) in [4.78, 5) is 35.0. The van der Waals surface area contributed by atoms with Gasteiger partial charge in [-0.3, -0.25) is 13.7 Å². The van der Waals surface area contributed by atoms with Crippen molar-refractivity contribution in [2.45, 2.75) is 49.1 Å². The van der Waals surface area contributed by atoms with Crippen LogP contribution in [0.1, 0.15) is 12.5 Å². The van der Waals surface area contributed by atoms with E-state index < -0.39 is 76.2 Å². The summed E-state index contributed by atoms with van der Waals surface area (Å²) >= 11 is 0. The first-order chi connectivity index (χ1) is 20.6. The molecular formula is C22H29N10O10P. The van der Waals surface area contributed by atoms with Crippen molar-refractivity contribution in [3.8, 4) is 0 Å². The number of nitrogens with zero attached hydrogens (tertiary/aromatic N) is 8. The van der Waals surface area contributed by atoms with Crippen molar-refractivity contribution in [1.82, 2.24) is 39.0 Å². The molecule has 43 heavy (non-hydrogen) atoms. The SMILES string of the molecule is CO[C@H]1C(n2cnc3c(N)ncnc32)O[C@H](COP(=O)(O)COC2[C@@H](O)[C@@H](CO)O[C@H]2n2cnc3c(N)ncnc32)[C@@H]1O. The predicted octanol–water partition coefficient (Wildman–Crippen LogP) is -2.10. The number of aliphatic hydroxyl groups is 3. The number of nitrogens with two attached hydrogens (primary N) is 2. The van der Waals surface area contributed by atoms with Crippen LogP contribution in [0, 0.1) is 0 Å². The standard InChI is InChI=1S/C22H29N10O10P/c1-38-15-14(35)10(42-21(15)31-6-29-11-17(23)25-4-27-19(11)31)3-40-43(36,37)8-39-16-13(34)9(2-33)41-22(16)32-7-30-12-18(24)26-5-28-20(12)32/h4-7,9-10,13-16,21-22,33-35H,2-3,8H2,1H3,(H,36,37)(H2,23,25,27)(H2,24,26,28)/t9-,10-,13+,14+,15-,16?,21?,22-/m1/s1. The van der Waals surface area contributed by atoms with Crippen molar-refractivity contribution in [2.24, 2.45) is 0 Å². The molecule has 4 aromatic rings. The van der Waals surface area contributed by atoms with E-state index in [-0.39, 0.29) is 22.8 Å². The summed E-state index contributed by atoms with van der Waals surface area (Å²) in [5.41, 5.74) is 12.9. The minimum atomic E-state index is -4.50. The Balaban J connectivity index is 1.13. The van der Waals surface area contributed by atoms with E-state index in [4.69, 9.17) is 34.9 Å². The number of fused-ring (bicyclic) bond motifs is 2. The predicted molar refractivity (Wildman–Crippen MR) is 143 cm³/mol. The molecule has 0 aliphatic carbocycles. The minimum Gasteiger partial charge on any atom is -0.394 e. The third-order valence-corrected chi connectivity index (χ3v) is 8.30. The Morgan fingerprint density at radius 2 is 1.42 bits per heavy atom. The van der Waals surface area contributed by atoms with E-state index in [1.54, 1.807) is 0 Å². The van der Waals surface area contributed by atoms with Gasteiger partial charge in [0.1, 0.15) is 66.7 Å². The maximum absolute atomic E-state index is 13.0. The number of nitrogen functional groups attached to an aromatic ring is 2. The number of aromatic nitrogens is 8. The number of methoxy groups -OCH3 is 1. The lowest BCUT2D eigenvalue weighted by Crippen LogP contribution is -2.36. The van der Waals surface area contributed by atoms with E-state index in [0.29, 0.717) is 11.2 Å². The van der Waals surface area contributed by atoms with Gasteiger partial charge in [0.2, 0.25) is 0 Å². The van der Waals surface area contributed by atoms with Crippen LogP contribution in [0.4, 0.5) is 11.6 Å². The van der Waals surface area contributed by atoms with E-state index in [1.807, 2.05) is 0 Å². The summed E-state index contributed by atoms with van der Waals surface area (Å²) in [7, 11) is -3.13. The van der Waals surface area contributed by atoms with Crippen molar-refractivity contribution < 1.29 is 48.2 Å². The summed E-state index contributed by atoms with van der Waals surface area (Å²) in [6, 6.07) is 0. The maximum atomic E-state index is 13.0. The molecule has 21 heteroatoms. The molecule has 20 nitrogen and oxygen atoms in total. The Morgan fingerprint density at radius 1 is 0.884 bits per heavy atom. The topological polar surface area (TPSA) is 283 Å². The first-order valence-corrected chi connectivity index (χ1v) is 14.6. The number of hydrogen-bond acceptors (Lipinski definition) is 17. The van der Waals surface area contributed by atoms with Gasteiger partial charge in [-0.15, -0.1) is 0 Å². The summed E-state index contributed by atoms with van der Waals surface area (Å²) < 4.78 is 43.9. The molecule has 6 rings (SSSR count). The fourth-order valence-electron chi connectivity index (χ4n) is 5.13. The molecule has 0 aromatic carbocycles. The molecule has 0 radical (unpaired) electrons. The fourth-order valence-corrected chi connectivity index (χ4v) is 5.94. The number of hydrogen-bond donors (Lipinski definition) is 6. The third kappa shape index (κ3) is 5.31. The molecule has 0 amide bonds. The van der Waals surface area contributed by atoms with Gasteiger partial charge in [0.05, 0.1) is 25.9 Å². The van der Waals surface area contributed by atoms with Crippen molar-refractivity contribution >= 4 is 41.6 Å². The lowest BCUT2D eigenvalue weighted by Gasteiger charge is -2.24. The number of aliphatic hydroxyl groups excluding tert-OH is 3. The Labute approximate surface area is 241 Å². The van der Waals surface area contributed by atoms with E-state index in [9.17, 15) is 24.8 Å². The number of rotatable bonds is 10. The highest BCUT2D eigenvalue weighted by molar-refractivity contribution is 7.52. The van der Waals surface area contributed by atoms with Crippen LogP contribution < -0.4 is 11.5 Å². The Bertz CT molecular complexity index is 1660. The van der Waals surface area contributed by atoms with Gasteiger partial charge in [-0.05, 0) is 0 Å². The second-order valence-corrected chi connectivity index (χ2v) is 11.6. The molecule has 2 fully saturated rings. The monoisotopic (exact) mass is 624 g/mol. The van der Waals surface area contributed by atoms with E-state index in [1.165, 1.54) is 41.6 Å². The summed E-state index contributed by atoms with van der Waals surface area (Å²) in [5.74, 6) is 0.265. The number of ether oxygens (including phenoxy) is 4. The lowest BCUT2D eigenvalue weighted by atomic mass is 10.1. The zero-order chi connectivity index (χ0) is 30.5. The van der Waals surface area contributed by atoms with Gasteiger partial charge >= 0.3 is 7.60 Å². The van der Waals surface area contributed by atoms with Crippen LogP contribution in [0.3, 0.4) is 0 Å². The molecule has 2 saturated heterocycles. The summed E-state index contributed by atoms with van der Waals surface area (Å²) in [5, 5.41) is 31.3. The van der Waals surface area contributed by atoms with Crippen molar-refractivity contribution in [2.75, 3.05) is 38.1 Å². The zero-order valence-corrected chi connectivity index (χ0v) is 23.4. The van der Waals surface area contributed by atoms with Gasteiger partial charge in [-0.2, -0.15) is 0 Å². The van der Waals surface area contributed by atoms with Crippen molar-refractivity contribution in [1.29, 1.82) is 0 Å². The second kappa shape index (κ2) is 11.6. The largest absolute Gasteiger partial charge is 0.394 e. The quantitative estimate of drug-likeness (QED) is 0.103. The van der Waals surface area contributed by atoms with Gasteiger partial charge in [0.25, 0.3) is 0 Å². The Kier molecular flexibility index (Phi) is 7.98. The molecular weight excluding hydrogens is 595 g/mol. The highest BCUT2D eigenvalue weighted by Gasteiger charge is 2.48. The van der Waals surface area contributed by atoms with Crippen LogP contribution >= 0.6 is 7.60 Å². The van der Waals surface area contributed by atoms with Gasteiger partial charge in [-0.25, -0.2) is 29.9 Å². The fraction of sp³-hybridized carbons (Fsp3) is 0.545. The minimum absolute atomic E-state index is 0.111. The van der Waals surface area contributed by atoms with E-state index >= 15 is 0 Å². The average Bonchev–Trinajstić information content (AvgIpc) is 3.75.